The lowest BCUT2D eigenvalue weighted by Crippen LogP contribution is -2.27. The Morgan fingerprint density at radius 1 is 1.22 bits per heavy atom. The average molecular weight is 332 g/mol. The third-order valence-corrected chi connectivity index (χ3v) is 3.97. The first-order valence-corrected chi connectivity index (χ1v) is 8.81. The molecule has 0 bridgehead atoms. The van der Waals surface area contributed by atoms with E-state index in [9.17, 15) is 4.79 Å². The lowest BCUT2D eigenvalue weighted by atomic mass is 10.2. The highest BCUT2D eigenvalue weighted by Gasteiger charge is 2.14. The molecular weight excluding hydrogens is 308 g/mol. The lowest BCUT2D eigenvalue weighted by Gasteiger charge is -2.11. The van der Waals surface area contributed by atoms with Crippen molar-refractivity contribution in [2.24, 2.45) is 11.8 Å². The van der Waals surface area contributed by atoms with Crippen LogP contribution in [0.15, 0.2) is 29.6 Å². The molecule has 1 aromatic heterocycles. The first-order valence-electron chi connectivity index (χ1n) is 7.93. The number of hydrogen-bond donors (Lipinski definition) is 1. The maximum absolute atomic E-state index is 12.1. The summed E-state index contributed by atoms with van der Waals surface area (Å²) in [6.07, 6.45) is 0. The van der Waals surface area contributed by atoms with Gasteiger partial charge in [-0.3, -0.25) is 4.79 Å². The van der Waals surface area contributed by atoms with E-state index < -0.39 is 0 Å². The van der Waals surface area contributed by atoms with Gasteiger partial charge in [0.25, 0.3) is 5.91 Å². The zero-order valence-corrected chi connectivity index (χ0v) is 14.9. The molecule has 5 heteroatoms. The van der Waals surface area contributed by atoms with Gasteiger partial charge >= 0.3 is 0 Å². The number of carbonyl (C=O) groups is 1. The van der Waals surface area contributed by atoms with Crippen LogP contribution in [0.2, 0.25) is 0 Å². The maximum atomic E-state index is 12.1. The van der Waals surface area contributed by atoms with Crippen molar-refractivity contribution in [2.75, 3.05) is 13.2 Å². The van der Waals surface area contributed by atoms with Crippen molar-refractivity contribution in [2.45, 2.75) is 27.7 Å². The minimum absolute atomic E-state index is 0.123. The second-order valence-electron chi connectivity index (χ2n) is 6.34. The van der Waals surface area contributed by atoms with Gasteiger partial charge in [0.2, 0.25) is 0 Å². The van der Waals surface area contributed by atoms with Gasteiger partial charge in [-0.25, -0.2) is 4.98 Å². The molecule has 0 atom stereocenters. The van der Waals surface area contributed by atoms with Crippen LogP contribution in [-0.2, 0) is 0 Å². The van der Waals surface area contributed by atoms with E-state index in [1.807, 2.05) is 24.3 Å². The number of aromatic nitrogens is 1. The second-order valence-corrected chi connectivity index (χ2v) is 7.20. The molecule has 124 valence electrons. The molecule has 23 heavy (non-hydrogen) atoms. The largest absolute Gasteiger partial charge is 0.493 e. The smallest absolute Gasteiger partial charge is 0.270 e. The first-order chi connectivity index (χ1) is 11.0. The fraction of sp³-hybridized carbons (Fsp3) is 0.444. The standard InChI is InChI=1S/C18H24N2O2S/c1-12(2)9-19-17(21)15-11-23-18(20-15)14-7-5-6-8-16(14)22-10-13(3)4/h5-8,11-13H,9-10H2,1-4H3,(H,19,21). The number of thiazole rings is 1. The van der Waals surface area contributed by atoms with Crippen LogP contribution in [0.1, 0.15) is 38.2 Å². The Hall–Kier alpha value is -1.88. The molecule has 0 unspecified atom stereocenters. The third-order valence-electron chi connectivity index (χ3n) is 3.10. The monoisotopic (exact) mass is 332 g/mol. The summed E-state index contributed by atoms with van der Waals surface area (Å²) in [7, 11) is 0. The molecule has 1 heterocycles. The van der Waals surface area contributed by atoms with Crippen molar-refractivity contribution in [3.63, 3.8) is 0 Å². The zero-order valence-electron chi connectivity index (χ0n) is 14.1. The van der Waals surface area contributed by atoms with E-state index in [2.05, 4.69) is 38.0 Å². The maximum Gasteiger partial charge on any atom is 0.270 e. The van der Waals surface area contributed by atoms with Gasteiger partial charge in [-0.1, -0.05) is 39.8 Å². The van der Waals surface area contributed by atoms with Crippen LogP contribution in [0, 0.1) is 11.8 Å². The Morgan fingerprint density at radius 2 is 1.96 bits per heavy atom. The van der Waals surface area contributed by atoms with Crippen molar-refractivity contribution >= 4 is 17.2 Å². The summed E-state index contributed by atoms with van der Waals surface area (Å²) in [5.41, 5.74) is 1.39. The topological polar surface area (TPSA) is 51.2 Å². The average Bonchev–Trinajstić information content (AvgIpc) is 3.00. The summed E-state index contributed by atoms with van der Waals surface area (Å²) in [5.74, 6) is 1.56. The molecule has 1 N–H and O–H groups in total. The minimum Gasteiger partial charge on any atom is -0.493 e. The van der Waals surface area contributed by atoms with Crippen LogP contribution < -0.4 is 10.1 Å². The van der Waals surface area contributed by atoms with Gasteiger partial charge < -0.3 is 10.1 Å². The number of hydrogen-bond acceptors (Lipinski definition) is 4. The van der Waals surface area contributed by atoms with E-state index in [1.54, 1.807) is 5.38 Å². The quantitative estimate of drug-likeness (QED) is 0.825. The van der Waals surface area contributed by atoms with E-state index in [4.69, 9.17) is 4.74 Å². The van der Waals surface area contributed by atoms with Crippen molar-refractivity contribution in [1.82, 2.24) is 10.3 Å². The van der Waals surface area contributed by atoms with Crippen molar-refractivity contribution in [3.05, 3.63) is 35.3 Å². The molecule has 4 nitrogen and oxygen atoms in total. The highest BCUT2D eigenvalue weighted by atomic mass is 32.1. The van der Waals surface area contributed by atoms with E-state index in [1.165, 1.54) is 11.3 Å². The molecule has 0 spiro atoms. The number of carbonyl (C=O) groups excluding carboxylic acids is 1. The van der Waals surface area contributed by atoms with Crippen LogP contribution >= 0.6 is 11.3 Å². The van der Waals surface area contributed by atoms with Gasteiger partial charge in [0.1, 0.15) is 16.5 Å². The first kappa shape index (κ1) is 17.5. The number of para-hydroxylation sites is 1. The molecular formula is C18H24N2O2S. The van der Waals surface area contributed by atoms with Gasteiger partial charge in [-0.2, -0.15) is 0 Å². The summed E-state index contributed by atoms with van der Waals surface area (Å²) < 4.78 is 5.87. The van der Waals surface area contributed by atoms with Crippen LogP contribution in [0.4, 0.5) is 0 Å². The summed E-state index contributed by atoms with van der Waals surface area (Å²) in [6, 6.07) is 7.82. The van der Waals surface area contributed by atoms with E-state index in [0.29, 0.717) is 30.7 Å². The molecule has 0 saturated carbocycles. The van der Waals surface area contributed by atoms with E-state index >= 15 is 0 Å². The highest BCUT2D eigenvalue weighted by Crippen LogP contribution is 2.32. The summed E-state index contributed by atoms with van der Waals surface area (Å²) >= 11 is 1.46. The molecule has 0 saturated heterocycles. The Bertz CT molecular complexity index is 650. The lowest BCUT2D eigenvalue weighted by molar-refractivity contribution is 0.0945. The molecule has 1 aromatic carbocycles. The molecule has 0 aliphatic heterocycles. The minimum atomic E-state index is -0.123. The zero-order chi connectivity index (χ0) is 16.8. The van der Waals surface area contributed by atoms with Gasteiger partial charge in [0, 0.05) is 11.9 Å². The number of nitrogens with zero attached hydrogens (tertiary/aromatic N) is 1. The molecule has 2 aromatic rings. The molecule has 0 aliphatic carbocycles. The third kappa shape index (κ3) is 5.06. The predicted octanol–water partition coefficient (Wildman–Crippen LogP) is 4.23. The Morgan fingerprint density at radius 3 is 2.65 bits per heavy atom. The van der Waals surface area contributed by atoms with E-state index in [-0.39, 0.29) is 5.91 Å². The van der Waals surface area contributed by atoms with Crippen LogP contribution in [-0.4, -0.2) is 24.0 Å². The summed E-state index contributed by atoms with van der Waals surface area (Å²) in [4.78, 5) is 16.6. The van der Waals surface area contributed by atoms with Crippen LogP contribution in [0.5, 0.6) is 5.75 Å². The fourth-order valence-corrected chi connectivity index (χ4v) is 2.74. The molecule has 0 radical (unpaired) electrons. The Balaban J connectivity index is 2.15. The van der Waals surface area contributed by atoms with Gasteiger partial charge in [0.15, 0.2) is 0 Å². The SMILES string of the molecule is CC(C)CNC(=O)c1csc(-c2ccccc2OCC(C)C)n1. The highest BCUT2D eigenvalue weighted by molar-refractivity contribution is 7.13. The van der Waals surface area contributed by atoms with Gasteiger partial charge in [-0.05, 0) is 24.0 Å². The second kappa shape index (κ2) is 8.11. The van der Waals surface area contributed by atoms with Gasteiger partial charge in [0.05, 0.1) is 12.2 Å². The van der Waals surface area contributed by atoms with Crippen LogP contribution in [0.25, 0.3) is 10.6 Å². The molecule has 2 rings (SSSR count). The molecule has 0 aliphatic rings. The number of amides is 1. The number of rotatable bonds is 7. The number of ether oxygens (including phenoxy) is 1. The van der Waals surface area contributed by atoms with Crippen molar-refractivity contribution in [1.29, 1.82) is 0 Å². The summed E-state index contributed by atoms with van der Waals surface area (Å²) in [6.45, 7) is 9.67. The Kier molecular flexibility index (Phi) is 6.16. The fourth-order valence-electron chi connectivity index (χ4n) is 1.91. The number of benzene rings is 1. The van der Waals surface area contributed by atoms with Crippen molar-refractivity contribution in [3.8, 4) is 16.3 Å². The van der Waals surface area contributed by atoms with Gasteiger partial charge in [-0.15, -0.1) is 11.3 Å². The summed E-state index contributed by atoms with van der Waals surface area (Å²) in [5, 5.41) is 5.49. The predicted molar refractivity (Wildman–Crippen MR) is 95.1 cm³/mol. The molecule has 0 fully saturated rings. The normalized spacial score (nSPS) is 11.0. The molecule has 1 amide bonds. The Labute approximate surface area is 141 Å². The number of nitrogens with one attached hydrogen (secondary N) is 1. The van der Waals surface area contributed by atoms with Crippen LogP contribution in [0.3, 0.4) is 0 Å². The van der Waals surface area contributed by atoms with Crippen molar-refractivity contribution < 1.29 is 9.53 Å². The van der Waals surface area contributed by atoms with E-state index in [0.717, 1.165) is 16.3 Å².